The van der Waals surface area contributed by atoms with Crippen LogP contribution in [0.25, 0.3) is 10.6 Å². The second-order valence-corrected chi connectivity index (χ2v) is 5.23. The number of hydrogen-bond donors (Lipinski definition) is 0. The van der Waals surface area contributed by atoms with Crippen molar-refractivity contribution in [3.8, 4) is 10.6 Å². The van der Waals surface area contributed by atoms with Gasteiger partial charge in [0.15, 0.2) is 0 Å². The molecule has 0 fully saturated rings. The van der Waals surface area contributed by atoms with Gasteiger partial charge in [-0.2, -0.15) is 0 Å². The van der Waals surface area contributed by atoms with E-state index in [9.17, 15) is 4.39 Å². The number of aliphatic imine (C=N–C) groups is 1. The topological polar surface area (TPSA) is 25.2 Å². The summed E-state index contributed by atoms with van der Waals surface area (Å²) in [4.78, 5) is 8.71. The number of benzene rings is 1. The molecule has 1 aromatic heterocycles. The molecule has 0 atom stereocenters. The first-order chi connectivity index (χ1) is 8.53. The Hall–Kier alpha value is -1.77. The summed E-state index contributed by atoms with van der Waals surface area (Å²) in [6, 6.07) is 6.32. The molecule has 4 heteroatoms. The van der Waals surface area contributed by atoms with Crippen LogP contribution in [-0.4, -0.2) is 10.9 Å². The van der Waals surface area contributed by atoms with Crippen LogP contribution >= 0.6 is 11.3 Å². The van der Waals surface area contributed by atoms with Gasteiger partial charge in [-0.25, -0.2) is 14.4 Å². The number of aromatic nitrogens is 1. The molecule has 0 bridgehead atoms. The maximum atomic E-state index is 12.9. The van der Waals surface area contributed by atoms with E-state index in [1.165, 1.54) is 23.5 Å². The third-order valence-corrected chi connectivity index (χ3v) is 3.47. The average molecular weight is 260 g/mol. The van der Waals surface area contributed by atoms with E-state index >= 15 is 0 Å². The summed E-state index contributed by atoms with van der Waals surface area (Å²) in [5.41, 5.74) is 1.34. The van der Waals surface area contributed by atoms with Crippen LogP contribution in [0.4, 0.5) is 4.39 Å². The third kappa shape index (κ3) is 2.55. The lowest BCUT2D eigenvalue weighted by Crippen LogP contribution is -2.13. The van der Waals surface area contributed by atoms with Crippen molar-refractivity contribution in [3.05, 3.63) is 47.7 Å². The molecule has 92 valence electrons. The van der Waals surface area contributed by atoms with Gasteiger partial charge in [0.05, 0.1) is 5.69 Å². The Morgan fingerprint density at radius 1 is 1.33 bits per heavy atom. The smallest absolute Gasteiger partial charge is 0.123 e. The fraction of sp³-hybridized carbons (Fsp3) is 0.214. The predicted octanol–water partition coefficient (Wildman–Crippen LogP) is 4.04. The van der Waals surface area contributed by atoms with E-state index in [-0.39, 0.29) is 5.82 Å². The third-order valence-electron chi connectivity index (χ3n) is 2.58. The maximum absolute atomic E-state index is 12.9. The van der Waals surface area contributed by atoms with Gasteiger partial charge in [-0.15, -0.1) is 11.3 Å². The van der Waals surface area contributed by atoms with Crippen LogP contribution in [0, 0.1) is 5.82 Å². The number of nitrogens with zero attached hydrogens (tertiary/aromatic N) is 2. The molecule has 0 spiro atoms. The van der Waals surface area contributed by atoms with Gasteiger partial charge in [0.1, 0.15) is 16.4 Å². The van der Waals surface area contributed by atoms with Crippen molar-refractivity contribution in [2.75, 3.05) is 0 Å². The molecule has 2 aromatic rings. The van der Waals surface area contributed by atoms with E-state index in [1.807, 2.05) is 19.2 Å². The monoisotopic (exact) mass is 260 g/mol. The highest BCUT2D eigenvalue weighted by Crippen LogP contribution is 2.30. The fourth-order valence-electron chi connectivity index (χ4n) is 1.53. The SMILES string of the molecule is C=C=NC(C)(C)c1csc(-c2ccc(F)cc2)n1. The van der Waals surface area contributed by atoms with Crippen LogP contribution in [-0.2, 0) is 5.54 Å². The molecule has 1 heterocycles. The van der Waals surface area contributed by atoms with Crippen LogP contribution in [0.3, 0.4) is 0 Å². The molecule has 18 heavy (non-hydrogen) atoms. The molecule has 2 nitrogen and oxygen atoms in total. The van der Waals surface area contributed by atoms with Crippen molar-refractivity contribution in [1.82, 2.24) is 4.98 Å². The molecule has 0 aliphatic carbocycles. The van der Waals surface area contributed by atoms with Gasteiger partial charge in [-0.1, -0.05) is 0 Å². The fourth-order valence-corrected chi connectivity index (χ4v) is 2.52. The van der Waals surface area contributed by atoms with E-state index in [0.29, 0.717) is 0 Å². The van der Waals surface area contributed by atoms with Crippen molar-refractivity contribution in [2.24, 2.45) is 4.99 Å². The maximum Gasteiger partial charge on any atom is 0.123 e. The summed E-state index contributed by atoms with van der Waals surface area (Å²) in [5, 5.41) is 2.82. The molecule has 0 unspecified atom stereocenters. The van der Waals surface area contributed by atoms with Crippen molar-refractivity contribution in [3.63, 3.8) is 0 Å². The minimum Gasteiger partial charge on any atom is -0.239 e. The van der Waals surface area contributed by atoms with Crippen LogP contribution in [0.2, 0.25) is 0 Å². The molecule has 0 radical (unpaired) electrons. The second kappa shape index (κ2) is 4.84. The predicted molar refractivity (Wildman–Crippen MR) is 73.6 cm³/mol. The quantitative estimate of drug-likeness (QED) is 0.764. The number of halogens is 1. The van der Waals surface area contributed by atoms with E-state index in [0.717, 1.165) is 16.3 Å². The average Bonchev–Trinajstić information content (AvgIpc) is 2.80. The van der Waals surface area contributed by atoms with Crippen molar-refractivity contribution in [2.45, 2.75) is 19.4 Å². The van der Waals surface area contributed by atoms with Crippen LogP contribution in [0.5, 0.6) is 0 Å². The van der Waals surface area contributed by atoms with Gasteiger partial charge in [-0.3, -0.25) is 0 Å². The summed E-state index contributed by atoms with van der Waals surface area (Å²) in [7, 11) is 0. The zero-order chi connectivity index (χ0) is 13.2. The van der Waals surface area contributed by atoms with E-state index in [4.69, 9.17) is 0 Å². The lowest BCUT2D eigenvalue weighted by atomic mass is 10.0. The molecule has 0 saturated carbocycles. The highest BCUT2D eigenvalue weighted by Gasteiger charge is 2.22. The summed E-state index contributed by atoms with van der Waals surface area (Å²) < 4.78 is 12.9. The van der Waals surface area contributed by atoms with E-state index < -0.39 is 5.54 Å². The number of thiazole rings is 1. The molecular weight excluding hydrogens is 247 g/mol. The molecule has 0 aliphatic heterocycles. The second-order valence-electron chi connectivity index (χ2n) is 4.37. The Bertz CT molecular complexity index is 593. The minimum absolute atomic E-state index is 0.243. The zero-order valence-electron chi connectivity index (χ0n) is 10.3. The Morgan fingerprint density at radius 3 is 2.61 bits per heavy atom. The van der Waals surface area contributed by atoms with Gasteiger partial charge < -0.3 is 0 Å². The molecular formula is C14H13FN2S. The summed E-state index contributed by atoms with van der Waals surface area (Å²) >= 11 is 1.52. The molecule has 2 rings (SSSR count). The van der Waals surface area contributed by atoms with Crippen molar-refractivity contribution in [1.29, 1.82) is 0 Å². The first kappa shape index (κ1) is 12.7. The first-order valence-electron chi connectivity index (χ1n) is 5.49. The zero-order valence-corrected chi connectivity index (χ0v) is 11.1. The number of rotatable bonds is 3. The highest BCUT2D eigenvalue weighted by atomic mass is 32.1. The normalized spacial score (nSPS) is 11.1. The van der Waals surface area contributed by atoms with Gasteiger partial charge in [0.2, 0.25) is 0 Å². The standard InChI is InChI=1S/C14H13FN2S/c1-4-16-14(2,3)12-9-18-13(17-12)10-5-7-11(15)8-6-10/h5-9H,1H2,2-3H3. The lowest BCUT2D eigenvalue weighted by Gasteiger charge is -2.14. The molecule has 0 saturated heterocycles. The van der Waals surface area contributed by atoms with Gasteiger partial charge >= 0.3 is 0 Å². The molecule has 0 amide bonds. The Balaban J connectivity index is 2.36. The Kier molecular flexibility index (Phi) is 3.41. The van der Waals surface area contributed by atoms with E-state index in [1.54, 1.807) is 12.1 Å². The van der Waals surface area contributed by atoms with Gasteiger partial charge in [-0.05, 0) is 50.6 Å². The minimum atomic E-state index is -0.434. The van der Waals surface area contributed by atoms with Crippen molar-refractivity contribution >= 4 is 17.2 Å². The summed E-state index contributed by atoms with van der Waals surface area (Å²) in [6.45, 7) is 7.39. The lowest BCUT2D eigenvalue weighted by molar-refractivity contribution is 0.547. The van der Waals surface area contributed by atoms with Gasteiger partial charge in [0, 0.05) is 10.9 Å². The Labute approximate surface area is 110 Å². The molecule has 0 N–H and O–H groups in total. The molecule has 1 aromatic carbocycles. The Morgan fingerprint density at radius 2 is 2.00 bits per heavy atom. The van der Waals surface area contributed by atoms with Crippen LogP contribution in [0.15, 0.2) is 41.2 Å². The summed E-state index contributed by atoms with van der Waals surface area (Å²) in [6.07, 6.45) is 0. The highest BCUT2D eigenvalue weighted by molar-refractivity contribution is 7.13. The number of hydrogen-bond acceptors (Lipinski definition) is 3. The van der Waals surface area contributed by atoms with E-state index in [2.05, 4.69) is 22.4 Å². The molecule has 0 aliphatic rings. The summed E-state index contributed by atoms with van der Waals surface area (Å²) in [5.74, 6) is 2.31. The first-order valence-corrected chi connectivity index (χ1v) is 6.37. The van der Waals surface area contributed by atoms with Crippen molar-refractivity contribution < 1.29 is 4.39 Å². The largest absolute Gasteiger partial charge is 0.239 e. The van der Waals surface area contributed by atoms with Crippen LogP contribution in [0.1, 0.15) is 19.5 Å². The van der Waals surface area contributed by atoms with Crippen LogP contribution < -0.4 is 0 Å². The van der Waals surface area contributed by atoms with Gasteiger partial charge in [0.25, 0.3) is 0 Å².